The van der Waals surface area contributed by atoms with E-state index in [4.69, 9.17) is 22.4 Å². The zero-order valence-electron chi connectivity index (χ0n) is 11.7. The standard InChI is InChI=1S/C14H17N2O2S2/c1-4-18-13(17)9-20-14(19)12(6-15)16-7-10(2)5-11(3)8-16/h5,7-8,15H,4,9H2,1-3H3/q+1. The molecule has 0 unspecified atom stereocenters. The molecule has 0 amide bonds. The Morgan fingerprint density at radius 1 is 1.45 bits per heavy atom. The van der Waals surface area contributed by atoms with Gasteiger partial charge >= 0.3 is 5.97 Å². The Labute approximate surface area is 128 Å². The van der Waals surface area contributed by atoms with Gasteiger partial charge in [-0.1, -0.05) is 24.0 Å². The van der Waals surface area contributed by atoms with Crippen LogP contribution in [0.15, 0.2) is 18.5 Å². The number of thiocarbonyl (C=S) groups is 1. The molecule has 20 heavy (non-hydrogen) atoms. The average Bonchev–Trinajstić information content (AvgIpc) is 2.36. The highest BCUT2D eigenvalue weighted by Gasteiger charge is 2.19. The van der Waals surface area contributed by atoms with E-state index in [1.165, 1.54) is 11.8 Å². The smallest absolute Gasteiger partial charge is 0.316 e. The van der Waals surface area contributed by atoms with Crippen LogP contribution in [0.2, 0.25) is 0 Å². The molecular weight excluding hydrogens is 292 g/mol. The van der Waals surface area contributed by atoms with Crippen LogP contribution in [-0.4, -0.2) is 28.4 Å². The van der Waals surface area contributed by atoms with Crippen LogP contribution in [0.3, 0.4) is 0 Å². The topological polar surface area (TPSA) is 54.0 Å². The monoisotopic (exact) mass is 309 g/mol. The van der Waals surface area contributed by atoms with Crippen LogP contribution in [-0.2, 0) is 9.53 Å². The molecular formula is C14H17N2O2S2+. The minimum absolute atomic E-state index is 0.142. The molecule has 0 aliphatic heterocycles. The van der Waals surface area contributed by atoms with Crippen molar-refractivity contribution in [1.29, 1.82) is 5.41 Å². The van der Waals surface area contributed by atoms with Gasteiger partial charge in [-0.15, -0.1) is 0 Å². The van der Waals surface area contributed by atoms with Gasteiger partial charge in [-0.25, -0.2) is 0 Å². The molecule has 1 rings (SSSR count). The Bertz CT molecular complexity index is 558. The van der Waals surface area contributed by atoms with Crippen molar-refractivity contribution < 1.29 is 14.1 Å². The fourth-order valence-electron chi connectivity index (χ4n) is 1.66. The molecule has 0 atom stereocenters. The zero-order valence-corrected chi connectivity index (χ0v) is 13.4. The number of hydrogen-bond acceptors (Lipinski definition) is 5. The first-order chi connectivity index (χ1) is 9.47. The second-order valence-corrected chi connectivity index (χ2v) is 5.80. The lowest BCUT2D eigenvalue weighted by Crippen LogP contribution is -2.36. The Morgan fingerprint density at radius 2 is 2.05 bits per heavy atom. The Hall–Kier alpha value is -1.49. The largest absolute Gasteiger partial charge is 0.465 e. The molecule has 1 aromatic heterocycles. The van der Waals surface area contributed by atoms with E-state index in [1.54, 1.807) is 11.5 Å². The highest BCUT2D eigenvalue weighted by Crippen LogP contribution is 2.12. The molecule has 4 nitrogen and oxygen atoms in total. The summed E-state index contributed by atoms with van der Waals surface area (Å²) in [5.41, 5.74) is 2.59. The van der Waals surface area contributed by atoms with Gasteiger partial charge < -0.3 is 4.74 Å². The first-order valence-corrected chi connectivity index (χ1v) is 7.49. The molecule has 0 spiro atoms. The highest BCUT2D eigenvalue weighted by atomic mass is 32.2. The number of pyridine rings is 1. The van der Waals surface area contributed by atoms with Crippen LogP contribution in [0, 0.1) is 19.3 Å². The van der Waals surface area contributed by atoms with Crippen LogP contribution in [0.25, 0.3) is 5.70 Å². The number of rotatable bonds is 5. The van der Waals surface area contributed by atoms with Crippen LogP contribution >= 0.6 is 24.0 Å². The van der Waals surface area contributed by atoms with E-state index in [0.717, 1.165) is 11.1 Å². The lowest BCUT2D eigenvalue weighted by molar-refractivity contribution is -0.574. The first kappa shape index (κ1) is 16.6. The van der Waals surface area contributed by atoms with Gasteiger partial charge in [0.05, 0.1) is 18.2 Å². The summed E-state index contributed by atoms with van der Waals surface area (Å²) in [6.45, 7) is 6.06. The minimum atomic E-state index is -0.311. The predicted molar refractivity (Wildman–Crippen MR) is 85.2 cm³/mol. The molecule has 106 valence electrons. The number of hydrogen-bond donors (Lipinski definition) is 1. The van der Waals surface area contributed by atoms with Gasteiger partial charge in [-0.3, -0.25) is 10.2 Å². The Balaban J connectivity index is 2.83. The van der Waals surface area contributed by atoms with Crippen molar-refractivity contribution in [2.45, 2.75) is 20.8 Å². The lowest BCUT2D eigenvalue weighted by atomic mass is 10.2. The average molecular weight is 309 g/mol. The fourth-order valence-corrected chi connectivity index (χ4v) is 2.61. The van der Waals surface area contributed by atoms with E-state index in [0.29, 0.717) is 16.5 Å². The van der Waals surface area contributed by atoms with E-state index in [1.807, 2.05) is 32.3 Å². The van der Waals surface area contributed by atoms with E-state index in [9.17, 15) is 4.79 Å². The Kier molecular flexibility index (Phi) is 6.58. The van der Waals surface area contributed by atoms with Gasteiger partial charge in [0, 0.05) is 11.1 Å². The SMILES string of the molecule is CCOC(=O)CSC(=S)C(=C=N)[n+]1cc(C)cc(C)c1. The van der Waals surface area contributed by atoms with Crippen molar-refractivity contribution in [3.05, 3.63) is 29.6 Å². The quantitative estimate of drug-likeness (QED) is 0.298. The molecule has 1 aromatic rings. The summed E-state index contributed by atoms with van der Waals surface area (Å²) in [4.78, 5) is 11.3. The van der Waals surface area contributed by atoms with Gasteiger partial charge in [0.25, 0.3) is 5.70 Å². The van der Waals surface area contributed by atoms with Gasteiger partial charge in [-0.2, -0.15) is 4.57 Å². The number of thioether (sulfide) groups is 1. The molecule has 6 heteroatoms. The molecule has 0 fully saturated rings. The van der Waals surface area contributed by atoms with Crippen LogP contribution in [0.4, 0.5) is 0 Å². The molecule has 1 N–H and O–H groups in total. The van der Waals surface area contributed by atoms with Crippen LogP contribution in [0.5, 0.6) is 0 Å². The number of esters is 1. The maximum absolute atomic E-state index is 11.3. The van der Waals surface area contributed by atoms with Crippen molar-refractivity contribution in [3.8, 4) is 0 Å². The van der Waals surface area contributed by atoms with Crippen molar-refractivity contribution in [2.75, 3.05) is 12.4 Å². The lowest BCUT2D eigenvalue weighted by Gasteiger charge is -2.03. The van der Waals surface area contributed by atoms with E-state index < -0.39 is 0 Å². The van der Waals surface area contributed by atoms with Crippen molar-refractivity contribution >= 4 is 45.7 Å². The molecule has 1 heterocycles. The molecule has 0 saturated carbocycles. The molecule has 0 saturated heterocycles. The number of nitrogens with one attached hydrogen (secondary N) is 1. The number of carbonyl (C=O) groups is 1. The summed E-state index contributed by atoms with van der Waals surface area (Å²) in [6.07, 6.45) is 3.75. The minimum Gasteiger partial charge on any atom is -0.465 e. The maximum Gasteiger partial charge on any atom is 0.316 e. The number of aromatic nitrogens is 1. The molecule has 0 aromatic carbocycles. The van der Waals surface area contributed by atoms with Crippen molar-refractivity contribution in [3.63, 3.8) is 0 Å². The number of nitrogens with zero attached hydrogens (tertiary/aromatic N) is 1. The predicted octanol–water partition coefficient (Wildman–Crippen LogP) is 2.30. The third kappa shape index (κ3) is 4.89. The first-order valence-electron chi connectivity index (χ1n) is 6.10. The molecule has 0 aliphatic carbocycles. The third-order valence-electron chi connectivity index (χ3n) is 2.34. The van der Waals surface area contributed by atoms with Gasteiger partial charge in [0.15, 0.2) is 16.6 Å². The van der Waals surface area contributed by atoms with Crippen LogP contribution < -0.4 is 4.57 Å². The Morgan fingerprint density at radius 3 is 2.55 bits per heavy atom. The summed E-state index contributed by atoms with van der Waals surface area (Å²) in [7, 11) is 0. The number of ether oxygens (including phenoxy) is 1. The summed E-state index contributed by atoms with van der Waals surface area (Å²) in [5.74, 6) is 2.18. The van der Waals surface area contributed by atoms with Crippen molar-refractivity contribution in [2.24, 2.45) is 0 Å². The van der Waals surface area contributed by atoms with E-state index in [2.05, 4.69) is 5.87 Å². The summed E-state index contributed by atoms with van der Waals surface area (Å²) < 4.78 is 7.06. The van der Waals surface area contributed by atoms with Gasteiger partial charge in [0.1, 0.15) is 0 Å². The van der Waals surface area contributed by atoms with Gasteiger partial charge in [0.2, 0.25) is 0 Å². The zero-order chi connectivity index (χ0) is 15.1. The van der Waals surface area contributed by atoms with E-state index in [-0.39, 0.29) is 11.7 Å². The summed E-state index contributed by atoms with van der Waals surface area (Å²) >= 11 is 6.44. The second kappa shape index (κ2) is 7.94. The number of carbonyl (C=O) groups excluding carboxylic acids is 1. The summed E-state index contributed by atoms with van der Waals surface area (Å²) in [5, 5.41) is 7.41. The summed E-state index contributed by atoms with van der Waals surface area (Å²) in [6, 6.07) is 2.03. The van der Waals surface area contributed by atoms with Gasteiger partial charge in [-0.05, 0) is 26.8 Å². The maximum atomic E-state index is 11.3. The van der Waals surface area contributed by atoms with Crippen LogP contribution in [0.1, 0.15) is 18.1 Å². The second-order valence-electron chi connectivity index (χ2n) is 4.15. The highest BCUT2D eigenvalue weighted by molar-refractivity contribution is 8.24. The molecule has 0 aliphatic rings. The third-order valence-corrected chi connectivity index (χ3v) is 3.72. The van der Waals surface area contributed by atoms with Crippen molar-refractivity contribution in [1.82, 2.24) is 0 Å². The van der Waals surface area contributed by atoms with E-state index >= 15 is 0 Å². The molecule has 0 bridgehead atoms. The fraction of sp³-hybridized carbons (Fsp3) is 0.357. The number of aryl methyl sites for hydroxylation is 2. The normalized spacial score (nSPS) is 9.75. The molecule has 0 radical (unpaired) electrons.